The number of hydrogen-bond donors (Lipinski definition) is 0. The molecule has 2 aliphatic rings. The van der Waals surface area contributed by atoms with E-state index in [9.17, 15) is 4.79 Å². The molecule has 2 fully saturated rings. The largest absolute Gasteiger partial charge is 0.338 e. The molecular formula is C17H22N6O. The molecule has 0 radical (unpaired) electrons. The summed E-state index contributed by atoms with van der Waals surface area (Å²) in [6.07, 6.45) is 8.18. The van der Waals surface area contributed by atoms with Gasteiger partial charge in [-0.1, -0.05) is 0 Å². The molecule has 0 amide bonds. The van der Waals surface area contributed by atoms with Crippen molar-refractivity contribution in [2.24, 2.45) is 0 Å². The van der Waals surface area contributed by atoms with Gasteiger partial charge in [0.25, 0.3) is 5.56 Å². The van der Waals surface area contributed by atoms with Crippen molar-refractivity contribution in [3.63, 3.8) is 0 Å². The number of anilines is 1. The summed E-state index contributed by atoms with van der Waals surface area (Å²) in [6, 6.07) is 3.22. The zero-order chi connectivity index (χ0) is 16.4. The predicted molar refractivity (Wildman–Crippen MR) is 91.2 cm³/mol. The maximum absolute atomic E-state index is 11.7. The van der Waals surface area contributed by atoms with Crippen LogP contribution in [0.3, 0.4) is 0 Å². The molecule has 4 rings (SSSR count). The van der Waals surface area contributed by atoms with Crippen molar-refractivity contribution in [1.29, 1.82) is 0 Å². The molecule has 1 aliphatic carbocycles. The molecule has 2 aromatic heterocycles. The first-order valence-electron chi connectivity index (χ1n) is 8.61. The van der Waals surface area contributed by atoms with Crippen LogP contribution < -0.4 is 10.5 Å². The van der Waals surface area contributed by atoms with E-state index < -0.39 is 0 Å². The van der Waals surface area contributed by atoms with E-state index in [0.717, 1.165) is 38.7 Å². The molecule has 0 unspecified atom stereocenters. The smallest absolute Gasteiger partial charge is 0.266 e. The number of rotatable bonds is 5. The van der Waals surface area contributed by atoms with Crippen LogP contribution in [0.1, 0.15) is 24.3 Å². The molecule has 7 nitrogen and oxygen atoms in total. The van der Waals surface area contributed by atoms with Crippen molar-refractivity contribution in [3.8, 4) is 0 Å². The van der Waals surface area contributed by atoms with Gasteiger partial charge in [0.2, 0.25) is 5.95 Å². The minimum Gasteiger partial charge on any atom is -0.338 e. The van der Waals surface area contributed by atoms with Gasteiger partial charge in [-0.15, -0.1) is 0 Å². The second-order valence-electron chi connectivity index (χ2n) is 6.50. The van der Waals surface area contributed by atoms with E-state index in [-0.39, 0.29) is 5.56 Å². The summed E-state index contributed by atoms with van der Waals surface area (Å²) in [5, 5.41) is 4.10. The van der Waals surface area contributed by atoms with Gasteiger partial charge in [0.15, 0.2) is 0 Å². The van der Waals surface area contributed by atoms with Crippen LogP contribution in [0, 0.1) is 0 Å². The molecule has 1 saturated heterocycles. The summed E-state index contributed by atoms with van der Waals surface area (Å²) < 4.78 is 1.52. The van der Waals surface area contributed by atoms with Crippen LogP contribution in [0.4, 0.5) is 5.95 Å². The highest BCUT2D eigenvalue weighted by Gasteiger charge is 2.25. The minimum absolute atomic E-state index is 0.0414. The second kappa shape index (κ2) is 6.68. The molecule has 0 aromatic carbocycles. The van der Waals surface area contributed by atoms with Crippen molar-refractivity contribution in [2.45, 2.75) is 25.3 Å². The lowest BCUT2D eigenvalue weighted by Gasteiger charge is -2.34. The summed E-state index contributed by atoms with van der Waals surface area (Å²) in [6.45, 7) is 5.21. The Morgan fingerprint density at radius 1 is 1.04 bits per heavy atom. The maximum Gasteiger partial charge on any atom is 0.266 e. The summed E-state index contributed by atoms with van der Waals surface area (Å²) in [7, 11) is 0. The lowest BCUT2D eigenvalue weighted by Crippen LogP contribution is -2.48. The molecule has 126 valence electrons. The Morgan fingerprint density at radius 2 is 1.79 bits per heavy atom. The fourth-order valence-electron chi connectivity index (χ4n) is 3.08. The number of aromatic nitrogens is 4. The highest BCUT2D eigenvalue weighted by molar-refractivity contribution is 5.32. The topological polar surface area (TPSA) is 67.2 Å². The molecule has 0 bridgehead atoms. The van der Waals surface area contributed by atoms with Gasteiger partial charge in [-0.2, -0.15) is 5.10 Å². The molecule has 0 atom stereocenters. The maximum atomic E-state index is 11.7. The lowest BCUT2D eigenvalue weighted by atomic mass is 10.2. The van der Waals surface area contributed by atoms with E-state index in [1.807, 2.05) is 12.4 Å². The first-order valence-corrected chi connectivity index (χ1v) is 8.61. The van der Waals surface area contributed by atoms with Crippen molar-refractivity contribution >= 4 is 5.95 Å². The molecule has 2 aromatic rings. The van der Waals surface area contributed by atoms with Gasteiger partial charge in [0.05, 0.1) is 6.54 Å². The Bertz CT molecular complexity index is 731. The van der Waals surface area contributed by atoms with Gasteiger partial charge < -0.3 is 4.90 Å². The third kappa shape index (κ3) is 3.46. The zero-order valence-electron chi connectivity index (χ0n) is 13.7. The van der Waals surface area contributed by atoms with E-state index in [1.54, 1.807) is 18.3 Å². The minimum atomic E-state index is -0.0414. The standard InChI is InChI=1S/C17H22N6O/c24-16-2-1-5-20-23(16)11-8-21-6-9-22(10-7-21)17-18-12-15(13-19-17)14-3-4-14/h1-2,5,12-14H,3-4,6-11H2. The molecular weight excluding hydrogens is 304 g/mol. The fourth-order valence-corrected chi connectivity index (χ4v) is 3.08. The average Bonchev–Trinajstić information content (AvgIpc) is 3.47. The molecule has 7 heteroatoms. The zero-order valence-corrected chi connectivity index (χ0v) is 13.7. The normalized spacial score (nSPS) is 18.8. The van der Waals surface area contributed by atoms with E-state index >= 15 is 0 Å². The Balaban J connectivity index is 1.28. The fraction of sp³-hybridized carbons (Fsp3) is 0.529. The average molecular weight is 326 g/mol. The summed E-state index contributed by atoms with van der Waals surface area (Å²) in [5.74, 6) is 1.53. The number of piperazine rings is 1. The summed E-state index contributed by atoms with van der Waals surface area (Å²) in [4.78, 5) is 25.3. The van der Waals surface area contributed by atoms with Crippen molar-refractivity contribution in [2.75, 3.05) is 37.6 Å². The third-order valence-electron chi connectivity index (χ3n) is 4.78. The van der Waals surface area contributed by atoms with Crippen LogP contribution in [0.2, 0.25) is 0 Å². The van der Waals surface area contributed by atoms with Crippen molar-refractivity contribution in [1.82, 2.24) is 24.6 Å². The first kappa shape index (κ1) is 15.3. The predicted octanol–water partition coefficient (Wildman–Crippen LogP) is 0.733. The molecule has 0 N–H and O–H groups in total. The number of hydrogen-bond acceptors (Lipinski definition) is 6. The first-order chi connectivity index (χ1) is 11.8. The van der Waals surface area contributed by atoms with Crippen LogP contribution in [0.15, 0.2) is 35.5 Å². The molecule has 1 aliphatic heterocycles. The molecule has 1 saturated carbocycles. The van der Waals surface area contributed by atoms with Gasteiger partial charge in [0, 0.05) is 57.4 Å². The van der Waals surface area contributed by atoms with Crippen LogP contribution in [-0.2, 0) is 6.54 Å². The highest BCUT2D eigenvalue weighted by atomic mass is 16.1. The summed E-state index contributed by atoms with van der Waals surface area (Å²) >= 11 is 0. The van der Waals surface area contributed by atoms with Gasteiger partial charge in [-0.3, -0.25) is 9.69 Å². The van der Waals surface area contributed by atoms with E-state index in [1.165, 1.54) is 23.1 Å². The SMILES string of the molecule is O=c1cccnn1CCN1CCN(c2ncc(C3CC3)cn2)CC1. The van der Waals surface area contributed by atoms with Gasteiger partial charge in [-0.25, -0.2) is 14.6 Å². The Kier molecular flexibility index (Phi) is 4.25. The van der Waals surface area contributed by atoms with Crippen LogP contribution in [-0.4, -0.2) is 57.4 Å². The molecule has 3 heterocycles. The third-order valence-corrected chi connectivity index (χ3v) is 4.78. The van der Waals surface area contributed by atoms with Gasteiger partial charge in [-0.05, 0) is 30.4 Å². The van der Waals surface area contributed by atoms with Crippen LogP contribution in [0.25, 0.3) is 0 Å². The monoisotopic (exact) mass is 326 g/mol. The van der Waals surface area contributed by atoms with Gasteiger partial charge >= 0.3 is 0 Å². The molecule has 24 heavy (non-hydrogen) atoms. The van der Waals surface area contributed by atoms with E-state index in [2.05, 4.69) is 24.9 Å². The highest BCUT2D eigenvalue weighted by Crippen LogP contribution is 2.39. The Hall–Kier alpha value is -2.28. The number of nitrogens with zero attached hydrogens (tertiary/aromatic N) is 6. The van der Waals surface area contributed by atoms with Crippen LogP contribution in [0.5, 0.6) is 0 Å². The van der Waals surface area contributed by atoms with E-state index in [4.69, 9.17) is 0 Å². The summed E-state index contributed by atoms with van der Waals surface area (Å²) in [5.41, 5.74) is 1.23. The second-order valence-corrected chi connectivity index (χ2v) is 6.50. The molecule has 0 spiro atoms. The van der Waals surface area contributed by atoms with Crippen molar-refractivity contribution in [3.05, 3.63) is 46.6 Å². The Labute approximate surface area is 140 Å². The van der Waals surface area contributed by atoms with E-state index in [0.29, 0.717) is 12.5 Å². The van der Waals surface area contributed by atoms with Gasteiger partial charge in [0.1, 0.15) is 0 Å². The van der Waals surface area contributed by atoms with Crippen LogP contribution >= 0.6 is 0 Å². The van der Waals surface area contributed by atoms with Crippen molar-refractivity contribution < 1.29 is 0 Å². The quantitative estimate of drug-likeness (QED) is 0.807. The Morgan fingerprint density at radius 3 is 2.46 bits per heavy atom. The lowest BCUT2D eigenvalue weighted by molar-refractivity contribution is 0.241.